The molecule has 0 fully saturated rings. The molecule has 0 radical (unpaired) electrons. The van der Waals surface area contributed by atoms with Crippen LogP contribution in [-0.2, 0) is 25.9 Å². The van der Waals surface area contributed by atoms with Crippen LogP contribution in [0.15, 0.2) is 60.8 Å². The predicted octanol–water partition coefficient (Wildman–Crippen LogP) is 5.77. The summed E-state index contributed by atoms with van der Waals surface area (Å²) in [7, 11) is 0. The quantitative estimate of drug-likeness (QED) is 0.438. The van der Waals surface area contributed by atoms with Gasteiger partial charge in [-0.1, -0.05) is 35.4 Å². The van der Waals surface area contributed by atoms with E-state index in [1.54, 1.807) is 0 Å². The van der Waals surface area contributed by atoms with Crippen molar-refractivity contribution in [2.75, 3.05) is 11.4 Å². The summed E-state index contributed by atoms with van der Waals surface area (Å²) >= 11 is 0. The van der Waals surface area contributed by atoms with Gasteiger partial charge in [0.05, 0.1) is 0 Å². The standard InChI is InChI=1S/C27H29N3/c1-19-4-9-23(10-5-19)29-14-13-27-25(18-29)24-16-20(2)6-11-26(24)30(27)15-12-22-8-7-21(3)28-17-22/h4-11,16-17H,12-15,18H2,1-3H3. The fourth-order valence-electron chi connectivity index (χ4n) is 4.68. The molecule has 3 nitrogen and oxygen atoms in total. The summed E-state index contributed by atoms with van der Waals surface area (Å²) in [6.07, 6.45) is 4.12. The number of rotatable bonds is 4. The number of anilines is 1. The Morgan fingerprint density at radius 1 is 0.900 bits per heavy atom. The molecule has 0 unspecified atom stereocenters. The van der Waals surface area contributed by atoms with Crippen molar-refractivity contribution in [3.05, 3.63) is 94.4 Å². The van der Waals surface area contributed by atoms with Crippen LogP contribution in [0, 0.1) is 20.8 Å². The lowest BCUT2D eigenvalue weighted by Gasteiger charge is -2.30. The van der Waals surface area contributed by atoms with Gasteiger partial charge in [-0.05, 0) is 63.1 Å². The molecular formula is C27H29N3. The zero-order chi connectivity index (χ0) is 20.7. The smallest absolute Gasteiger partial charge is 0.0486 e. The molecule has 0 saturated heterocycles. The van der Waals surface area contributed by atoms with Crippen LogP contribution < -0.4 is 4.90 Å². The van der Waals surface area contributed by atoms with E-state index in [4.69, 9.17) is 0 Å². The van der Waals surface area contributed by atoms with E-state index >= 15 is 0 Å². The summed E-state index contributed by atoms with van der Waals surface area (Å²) in [5.41, 5.74) is 10.7. The Morgan fingerprint density at radius 3 is 2.47 bits per heavy atom. The maximum atomic E-state index is 4.47. The molecule has 152 valence electrons. The van der Waals surface area contributed by atoms with E-state index < -0.39 is 0 Å². The van der Waals surface area contributed by atoms with Crippen LogP contribution in [0.1, 0.15) is 33.6 Å². The Bertz CT molecular complexity index is 1180. The Labute approximate surface area is 179 Å². The van der Waals surface area contributed by atoms with Crippen LogP contribution in [0.3, 0.4) is 0 Å². The monoisotopic (exact) mass is 395 g/mol. The minimum Gasteiger partial charge on any atom is -0.367 e. The Hall–Kier alpha value is -3.07. The molecule has 5 rings (SSSR count). The van der Waals surface area contributed by atoms with E-state index in [0.717, 1.165) is 38.2 Å². The molecule has 4 aromatic rings. The number of aromatic nitrogens is 2. The molecule has 0 amide bonds. The molecular weight excluding hydrogens is 366 g/mol. The van der Waals surface area contributed by atoms with Gasteiger partial charge < -0.3 is 9.47 Å². The van der Waals surface area contributed by atoms with Crippen LogP contribution in [0.5, 0.6) is 0 Å². The average molecular weight is 396 g/mol. The molecule has 1 aliphatic heterocycles. The van der Waals surface area contributed by atoms with E-state index in [9.17, 15) is 0 Å². The number of benzene rings is 2. The van der Waals surface area contributed by atoms with Gasteiger partial charge >= 0.3 is 0 Å². The van der Waals surface area contributed by atoms with Crippen molar-refractivity contribution in [2.24, 2.45) is 0 Å². The highest BCUT2D eigenvalue weighted by molar-refractivity contribution is 5.87. The molecule has 0 atom stereocenters. The average Bonchev–Trinajstić information content (AvgIpc) is 3.06. The lowest BCUT2D eigenvalue weighted by molar-refractivity contribution is 0.636. The highest BCUT2D eigenvalue weighted by Gasteiger charge is 2.24. The second-order valence-electron chi connectivity index (χ2n) is 8.66. The van der Waals surface area contributed by atoms with Crippen molar-refractivity contribution in [3.8, 4) is 0 Å². The van der Waals surface area contributed by atoms with E-state index in [0.29, 0.717) is 0 Å². The largest absolute Gasteiger partial charge is 0.367 e. The lowest BCUT2D eigenvalue weighted by Crippen LogP contribution is -2.31. The molecule has 2 aromatic carbocycles. The third kappa shape index (κ3) is 3.49. The number of fused-ring (bicyclic) bond motifs is 3. The van der Waals surface area contributed by atoms with Crippen molar-refractivity contribution in [1.29, 1.82) is 0 Å². The van der Waals surface area contributed by atoms with Crippen molar-refractivity contribution >= 4 is 16.6 Å². The summed E-state index contributed by atoms with van der Waals surface area (Å²) in [5.74, 6) is 0. The fourth-order valence-corrected chi connectivity index (χ4v) is 4.68. The predicted molar refractivity (Wildman–Crippen MR) is 125 cm³/mol. The molecule has 0 aliphatic carbocycles. The molecule has 0 bridgehead atoms. The van der Waals surface area contributed by atoms with Crippen LogP contribution >= 0.6 is 0 Å². The van der Waals surface area contributed by atoms with Gasteiger partial charge in [0.15, 0.2) is 0 Å². The highest BCUT2D eigenvalue weighted by atomic mass is 15.1. The molecule has 0 spiro atoms. The molecule has 30 heavy (non-hydrogen) atoms. The zero-order valence-electron chi connectivity index (χ0n) is 18.2. The molecule has 0 N–H and O–H groups in total. The van der Waals surface area contributed by atoms with Crippen molar-refractivity contribution < 1.29 is 0 Å². The van der Waals surface area contributed by atoms with Gasteiger partial charge in [-0.15, -0.1) is 0 Å². The van der Waals surface area contributed by atoms with Gasteiger partial charge in [0.2, 0.25) is 0 Å². The Kier molecular flexibility index (Phi) is 4.82. The molecule has 3 heterocycles. The summed E-state index contributed by atoms with van der Waals surface area (Å²) in [5, 5.41) is 1.42. The zero-order valence-corrected chi connectivity index (χ0v) is 18.2. The minimum absolute atomic E-state index is 0.984. The van der Waals surface area contributed by atoms with Gasteiger partial charge in [-0.2, -0.15) is 0 Å². The van der Waals surface area contributed by atoms with E-state index in [1.165, 1.54) is 44.5 Å². The third-order valence-corrected chi connectivity index (χ3v) is 6.41. The van der Waals surface area contributed by atoms with E-state index in [1.807, 2.05) is 13.1 Å². The summed E-state index contributed by atoms with van der Waals surface area (Å²) in [6.45, 7) is 9.45. The fraction of sp³-hybridized carbons (Fsp3) is 0.296. The van der Waals surface area contributed by atoms with Crippen molar-refractivity contribution in [2.45, 2.75) is 46.7 Å². The number of nitrogens with zero attached hydrogens (tertiary/aromatic N) is 3. The van der Waals surface area contributed by atoms with Gasteiger partial charge in [0, 0.05) is 65.8 Å². The second kappa shape index (κ2) is 7.64. The van der Waals surface area contributed by atoms with Gasteiger partial charge in [0.25, 0.3) is 0 Å². The van der Waals surface area contributed by atoms with Gasteiger partial charge in [0.1, 0.15) is 0 Å². The third-order valence-electron chi connectivity index (χ3n) is 6.41. The topological polar surface area (TPSA) is 21.1 Å². The summed E-state index contributed by atoms with van der Waals surface area (Å²) in [4.78, 5) is 7.00. The van der Waals surface area contributed by atoms with Crippen LogP contribution in [0.25, 0.3) is 10.9 Å². The number of aryl methyl sites for hydroxylation is 5. The SMILES string of the molecule is Cc1ccc(N2CCc3c(c4cc(C)ccc4n3CCc3ccc(C)nc3)C2)cc1. The first-order valence-corrected chi connectivity index (χ1v) is 10.9. The normalized spacial score (nSPS) is 13.6. The number of pyridine rings is 1. The molecule has 1 aliphatic rings. The molecule has 0 saturated carbocycles. The van der Waals surface area contributed by atoms with Crippen LogP contribution in [-0.4, -0.2) is 16.1 Å². The Balaban J connectivity index is 1.50. The van der Waals surface area contributed by atoms with E-state index in [-0.39, 0.29) is 0 Å². The van der Waals surface area contributed by atoms with Crippen molar-refractivity contribution in [3.63, 3.8) is 0 Å². The first kappa shape index (κ1) is 18.9. The number of hydrogen-bond acceptors (Lipinski definition) is 2. The van der Waals surface area contributed by atoms with Crippen LogP contribution in [0.4, 0.5) is 5.69 Å². The molecule has 2 aromatic heterocycles. The maximum absolute atomic E-state index is 4.47. The summed E-state index contributed by atoms with van der Waals surface area (Å²) < 4.78 is 2.57. The number of hydrogen-bond donors (Lipinski definition) is 0. The van der Waals surface area contributed by atoms with Crippen LogP contribution in [0.2, 0.25) is 0 Å². The van der Waals surface area contributed by atoms with Gasteiger partial charge in [-0.25, -0.2) is 0 Å². The molecule has 3 heteroatoms. The second-order valence-corrected chi connectivity index (χ2v) is 8.66. The lowest BCUT2D eigenvalue weighted by atomic mass is 10.0. The van der Waals surface area contributed by atoms with Gasteiger partial charge in [-0.3, -0.25) is 4.98 Å². The maximum Gasteiger partial charge on any atom is 0.0486 e. The first-order chi connectivity index (χ1) is 14.6. The Morgan fingerprint density at radius 2 is 1.70 bits per heavy atom. The highest BCUT2D eigenvalue weighted by Crippen LogP contribution is 2.34. The van der Waals surface area contributed by atoms with E-state index in [2.05, 4.69) is 82.9 Å². The minimum atomic E-state index is 0.984. The summed E-state index contributed by atoms with van der Waals surface area (Å²) in [6, 6.07) is 20.2. The van der Waals surface area contributed by atoms with Crippen molar-refractivity contribution in [1.82, 2.24) is 9.55 Å². The first-order valence-electron chi connectivity index (χ1n) is 10.9.